The molecule has 1 amide bonds. The van der Waals surface area contributed by atoms with Crippen molar-refractivity contribution in [2.24, 2.45) is 11.8 Å². The lowest BCUT2D eigenvalue weighted by Crippen LogP contribution is -2.54. The molecule has 1 heterocycles. The Hall–Kier alpha value is -0.610. The van der Waals surface area contributed by atoms with Gasteiger partial charge in [0.1, 0.15) is 5.60 Å². The first-order valence-electron chi connectivity index (χ1n) is 6.22. The largest absolute Gasteiger partial charge is 0.368 e. The lowest BCUT2D eigenvalue weighted by atomic mass is 9.91. The number of amides is 1. The van der Waals surface area contributed by atoms with E-state index in [0.29, 0.717) is 5.92 Å². The molecule has 92 valence electrons. The average Bonchev–Trinajstić information content (AvgIpc) is 3.03. The molecule has 4 nitrogen and oxygen atoms in total. The third-order valence-electron chi connectivity index (χ3n) is 4.02. The molecule has 0 bridgehead atoms. The van der Waals surface area contributed by atoms with Gasteiger partial charge in [-0.25, -0.2) is 0 Å². The summed E-state index contributed by atoms with van der Waals surface area (Å²) in [5.41, 5.74) is -0.580. The van der Waals surface area contributed by atoms with Crippen LogP contribution in [-0.4, -0.2) is 38.3 Å². The monoisotopic (exact) mass is 226 g/mol. The van der Waals surface area contributed by atoms with Crippen LogP contribution in [0.5, 0.6) is 0 Å². The maximum absolute atomic E-state index is 12.1. The van der Waals surface area contributed by atoms with Crippen molar-refractivity contribution in [2.75, 3.05) is 26.7 Å². The molecule has 1 saturated carbocycles. The van der Waals surface area contributed by atoms with Crippen molar-refractivity contribution < 1.29 is 9.53 Å². The number of nitrogens with one attached hydrogen (secondary N) is 2. The number of carbonyl (C=O) groups is 1. The average molecular weight is 226 g/mol. The lowest BCUT2D eigenvalue weighted by Gasteiger charge is -2.34. The van der Waals surface area contributed by atoms with Gasteiger partial charge in [-0.2, -0.15) is 0 Å². The van der Waals surface area contributed by atoms with Crippen molar-refractivity contribution in [1.82, 2.24) is 10.6 Å². The summed E-state index contributed by atoms with van der Waals surface area (Å²) in [7, 11) is 1.64. The van der Waals surface area contributed by atoms with Gasteiger partial charge in [0.2, 0.25) is 0 Å². The van der Waals surface area contributed by atoms with Crippen molar-refractivity contribution in [2.45, 2.75) is 31.8 Å². The molecular weight excluding hydrogens is 204 g/mol. The highest BCUT2D eigenvalue weighted by atomic mass is 16.5. The van der Waals surface area contributed by atoms with E-state index >= 15 is 0 Å². The fourth-order valence-electron chi connectivity index (χ4n) is 2.42. The normalized spacial score (nSPS) is 32.1. The molecule has 0 aromatic heterocycles. The molecular formula is C12H22N2O2. The zero-order chi connectivity index (χ0) is 11.6. The van der Waals surface area contributed by atoms with Gasteiger partial charge in [-0.15, -0.1) is 0 Å². The molecule has 2 atom stereocenters. The number of methoxy groups -OCH3 is 1. The van der Waals surface area contributed by atoms with Crippen molar-refractivity contribution in [3.8, 4) is 0 Å². The van der Waals surface area contributed by atoms with Crippen LogP contribution in [0.25, 0.3) is 0 Å². The van der Waals surface area contributed by atoms with Gasteiger partial charge in [0, 0.05) is 13.7 Å². The number of ether oxygens (including phenoxy) is 1. The van der Waals surface area contributed by atoms with E-state index in [4.69, 9.17) is 4.74 Å². The van der Waals surface area contributed by atoms with Gasteiger partial charge in [0.05, 0.1) is 0 Å². The third kappa shape index (κ3) is 2.38. The number of hydrogen-bond acceptors (Lipinski definition) is 3. The first-order valence-corrected chi connectivity index (χ1v) is 6.22. The SMILES string of the molecule is COC1(C(=O)NCC2CC2C)CCNCC1. The quantitative estimate of drug-likeness (QED) is 0.735. The first-order chi connectivity index (χ1) is 7.68. The van der Waals surface area contributed by atoms with Gasteiger partial charge in [-0.1, -0.05) is 6.92 Å². The molecule has 2 fully saturated rings. The van der Waals surface area contributed by atoms with Crippen LogP contribution in [-0.2, 0) is 9.53 Å². The van der Waals surface area contributed by atoms with E-state index in [-0.39, 0.29) is 5.91 Å². The van der Waals surface area contributed by atoms with Crippen LogP contribution >= 0.6 is 0 Å². The van der Waals surface area contributed by atoms with Crippen molar-refractivity contribution >= 4 is 5.91 Å². The van der Waals surface area contributed by atoms with Gasteiger partial charge in [0.15, 0.2) is 0 Å². The molecule has 1 aliphatic heterocycles. The molecule has 0 aromatic rings. The Balaban J connectivity index is 1.84. The van der Waals surface area contributed by atoms with Gasteiger partial charge in [-0.05, 0) is 44.2 Å². The van der Waals surface area contributed by atoms with Crippen LogP contribution in [0, 0.1) is 11.8 Å². The summed E-state index contributed by atoms with van der Waals surface area (Å²) in [4.78, 5) is 12.1. The fourth-order valence-corrected chi connectivity index (χ4v) is 2.42. The zero-order valence-corrected chi connectivity index (χ0v) is 10.2. The molecule has 2 rings (SSSR count). The molecule has 2 N–H and O–H groups in total. The Kier molecular flexibility index (Phi) is 3.50. The fraction of sp³-hybridized carbons (Fsp3) is 0.917. The van der Waals surface area contributed by atoms with Gasteiger partial charge < -0.3 is 15.4 Å². The van der Waals surface area contributed by atoms with E-state index in [2.05, 4.69) is 17.6 Å². The summed E-state index contributed by atoms with van der Waals surface area (Å²) in [6.07, 6.45) is 2.80. The minimum atomic E-state index is -0.580. The molecule has 1 aliphatic carbocycles. The summed E-state index contributed by atoms with van der Waals surface area (Å²) in [6.45, 7) is 4.77. The second-order valence-corrected chi connectivity index (χ2v) is 5.13. The van der Waals surface area contributed by atoms with Crippen LogP contribution in [0.2, 0.25) is 0 Å². The van der Waals surface area contributed by atoms with Crippen molar-refractivity contribution in [3.63, 3.8) is 0 Å². The Morgan fingerprint density at radius 3 is 2.62 bits per heavy atom. The first kappa shape index (κ1) is 11.9. The topological polar surface area (TPSA) is 50.4 Å². The van der Waals surface area contributed by atoms with E-state index in [1.54, 1.807) is 7.11 Å². The lowest BCUT2D eigenvalue weighted by molar-refractivity contribution is -0.146. The van der Waals surface area contributed by atoms with Gasteiger partial charge >= 0.3 is 0 Å². The van der Waals surface area contributed by atoms with E-state index in [1.165, 1.54) is 6.42 Å². The highest BCUT2D eigenvalue weighted by Gasteiger charge is 2.41. The third-order valence-corrected chi connectivity index (χ3v) is 4.02. The van der Waals surface area contributed by atoms with Crippen LogP contribution in [0.4, 0.5) is 0 Å². The van der Waals surface area contributed by atoms with E-state index in [9.17, 15) is 4.79 Å². The predicted molar refractivity (Wildman–Crippen MR) is 62.1 cm³/mol. The van der Waals surface area contributed by atoms with Crippen LogP contribution in [0.1, 0.15) is 26.2 Å². The molecule has 16 heavy (non-hydrogen) atoms. The zero-order valence-electron chi connectivity index (χ0n) is 10.2. The Bertz CT molecular complexity index is 262. The molecule has 0 spiro atoms. The molecule has 2 aliphatic rings. The molecule has 1 saturated heterocycles. The second-order valence-electron chi connectivity index (χ2n) is 5.13. The second kappa shape index (κ2) is 4.72. The van der Waals surface area contributed by atoms with E-state index in [1.807, 2.05) is 0 Å². The number of rotatable bonds is 4. The minimum Gasteiger partial charge on any atom is -0.368 e. The smallest absolute Gasteiger partial charge is 0.252 e. The molecule has 0 radical (unpaired) electrons. The number of piperidine rings is 1. The van der Waals surface area contributed by atoms with Crippen LogP contribution in [0.15, 0.2) is 0 Å². The summed E-state index contributed by atoms with van der Waals surface area (Å²) in [5, 5.41) is 6.30. The minimum absolute atomic E-state index is 0.0793. The molecule has 4 heteroatoms. The summed E-state index contributed by atoms with van der Waals surface area (Å²) in [6, 6.07) is 0. The Labute approximate surface area is 97.1 Å². The maximum atomic E-state index is 12.1. The van der Waals surface area contributed by atoms with Crippen LogP contribution < -0.4 is 10.6 Å². The van der Waals surface area contributed by atoms with E-state index < -0.39 is 5.60 Å². The van der Waals surface area contributed by atoms with Gasteiger partial charge in [0.25, 0.3) is 5.91 Å². The summed E-state index contributed by atoms with van der Waals surface area (Å²) < 4.78 is 5.47. The maximum Gasteiger partial charge on any atom is 0.252 e. The van der Waals surface area contributed by atoms with Crippen molar-refractivity contribution in [1.29, 1.82) is 0 Å². The van der Waals surface area contributed by atoms with E-state index in [0.717, 1.165) is 38.4 Å². The molecule has 2 unspecified atom stereocenters. The highest BCUT2D eigenvalue weighted by molar-refractivity contribution is 5.85. The summed E-state index contributed by atoms with van der Waals surface area (Å²) >= 11 is 0. The number of hydrogen-bond donors (Lipinski definition) is 2. The number of carbonyl (C=O) groups excluding carboxylic acids is 1. The van der Waals surface area contributed by atoms with Gasteiger partial charge in [-0.3, -0.25) is 4.79 Å². The summed E-state index contributed by atoms with van der Waals surface area (Å²) in [5.74, 6) is 1.56. The Morgan fingerprint density at radius 2 is 2.12 bits per heavy atom. The van der Waals surface area contributed by atoms with Crippen molar-refractivity contribution in [3.05, 3.63) is 0 Å². The standard InChI is InChI=1S/C12H22N2O2/c1-9-7-10(9)8-14-11(15)12(16-2)3-5-13-6-4-12/h9-10,13H,3-8H2,1-2H3,(H,14,15). The highest BCUT2D eigenvalue weighted by Crippen LogP contribution is 2.37. The predicted octanol–water partition coefficient (Wildman–Crippen LogP) is 0.527. The van der Waals surface area contributed by atoms with Crippen LogP contribution in [0.3, 0.4) is 0 Å². The Morgan fingerprint density at radius 1 is 1.50 bits per heavy atom. The molecule has 0 aromatic carbocycles.